The van der Waals surface area contributed by atoms with Gasteiger partial charge in [0, 0.05) is 17.3 Å². The van der Waals surface area contributed by atoms with Crippen molar-refractivity contribution < 1.29 is 24.2 Å². The maximum atomic E-state index is 12.6. The van der Waals surface area contributed by atoms with Gasteiger partial charge in [-0.3, -0.25) is 4.79 Å². The third kappa shape index (κ3) is 4.73. The third-order valence-electron chi connectivity index (χ3n) is 4.35. The summed E-state index contributed by atoms with van der Waals surface area (Å²) < 4.78 is 10.2. The van der Waals surface area contributed by atoms with E-state index in [1.54, 1.807) is 6.07 Å². The fraction of sp³-hybridized carbons (Fsp3) is 0.130. The molecular formula is C23H21NO5. The first kappa shape index (κ1) is 19.9. The van der Waals surface area contributed by atoms with Gasteiger partial charge in [0.15, 0.2) is 6.10 Å². The zero-order chi connectivity index (χ0) is 20.8. The van der Waals surface area contributed by atoms with Gasteiger partial charge < -0.3 is 19.9 Å². The fourth-order valence-electron chi connectivity index (χ4n) is 2.78. The van der Waals surface area contributed by atoms with Gasteiger partial charge in [-0.15, -0.1) is 0 Å². The van der Waals surface area contributed by atoms with Crippen LogP contribution < -0.4 is 10.1 Å². The average Bonchev–Trinajstić information content (AvgIpc) is 2.74. The number of para-hydroxylation sites is 1. The normalized spacial score (nSPS) is 11.4. The quantitative estimate of drug-likeness (QED) is 0.614. The lowest BCUT2D eigenvalue weighted by Crippen LogP contribution is -2.30. The number of anilines is 1. The van der Waals surface area contributed by atoms with Crippen LogP contribution in [0.25, 0.3) is 11.1 Å². The maximum Gasteiger partial charge on any atom is 0.342 e. The van der Waals surface area contributed by atoms with Crippen LogP contribution >= 0.6 is 0 Å². The Balaban J connectivity index is 1.71. The number of carbonyl (C=O) groups excluding carboxylic acids is 2. The maximum absolute atomic E-state index is 12.6. The number of esters is 1. The highest BCUT2D eigenvalue weighted by Gasteiger charge is 2.22. The number of hydrogen-bond acceptors (Lipinski definition) is 5. The summed E-state index contributed by atoms with van der Waals surface area (Å²) in [7, 11) is 1.45. The summed E-state index contributed by atoms with van der Waals surface area (Å²) in [6.45, 7) is 1.47. The van der Waals surface area contributed by atoms with E-state index in [1.807, 2.05) is 48.5 Å². The molecule has 0 aromatic heterocycles. The molecule has 0 heterocycles. The van der Waals surface area contributed by atoms with Crippen LogP contribution in [0.2, 0.25) is 0 Å². The van der Waals surface area contributed by atoms with Gasteiger partial charge in [0.1, 0.15) is 17.1 Å². The Hall–Kier alpha value is -3.80. The number of aromatic hydroxyl groups is 1. The molecule has 0 saturated heterocycles. The number of rotatable bonds is 6. The fourth-order valence-corrected chi connectivity index (χ4v) is 2.78. The van der Waals surface area contributed by atoms with Crippen LogP contribution in [0.4, 0.5) is 5.69 Å². The van der Waals surface area contributed by atoms with Crippen molar-refractivity contribution in [2.45, 2.75) is 13.0 Å². The lowest BCUT2D eigenvalue weighted by atomic mass is 10.0. The van der Waals surface area contributed by atoms with Gasteiger partial charge in [0.25, 0.3) is 5.91 Å². The molecule has 1 atom stereocenters. The van der Waals surface area contributed by atoms with Gasteiger partial charge in [-0.25, -0.2) is 4.79 Å². The molecule has 0 aliphatic carbocycles. The van der Waals surface area contributed by atoms with Crippen molar-refractivity contribution in [3.05, 3.63) is 78.4 Å². The summed E-state index contributed by atoms with van der Waals surface area (Å²) in [4.78, 5) is 24.9. The van der Waals surface area contributed by atoms with Crippen molar-refractivity contribution in [2.24, 2.45) is 0 Å². The molecule has 2 N–H and O–H groups in total. The molecule has 1 amide bonds. The first-order valence-electron chi connectivity index (χ1n) is 9.03. The van der Waals surface area contributed by atoms with Crippen molar-refractivity contribution >= 4 is 17.6 Å². The molecule has 6 nitrogen and oxygen atoms in total. The first-order valence-corrected chi connectivity index (χ1v) is 9.03. The Morgan fingerprint density at radius 2 is 1.66 bits per heavy atom. The van der Waals surface area contributed by atoms with Gasteiger partial charge in [0.05, 0.1) is 7.11 Å². The third-order valence-corrected chi connectivity index (χ3v) is 4.35. The van der Waals surface area contributed by atoms with E-state index >= 15 is 0 Å². The number of ether oxygens (including phenoxy) is 2. The van der Waals surface area contributed by atoms with Crippen LogP contribution in [-0.4, -0.2) is 30.2 Å². The van der Waals surface area contributed by atoms with E-state index in [0.29, 0.717) is 11.4 Å². The van der Waals surface area contributed by atoms with E-state index in [4.69, 9.17) is 9.47 Å². The molecule has 3 aromatic carbocycles. The molecule has 0 bridgehead atoms. The van der Waals surface area contributed by atoms with Crippen LogP contribution in [0, 0.1) is 0 Å². The Bertz CT molecular complexity index is 1020. The highest BCUT2D eigenvalue weighted by Crippen LogP contribution is 2.28. The Kier molecular flexibility index (Phi) is 6.14. The predicted octanol–water partition coefficient (Wildman–Crippen LogP) is 4.25. The number of benzene rings is 3. The number of methoxy groups -OCH3 is 1. The molecule has 6 heteroatoms. The molecule has 0 aliphatic rings. The topological polar surface area (TPSA) is 84.9 Å². The second-order valence-electron chi connectivity index (χ2n) is 6.33. The van der Waals surface area contributed by atoms with Crippen LogP contribution in [-0.2, 0) is 9.53 Å². The molecule has 0 saturated carbocycles. The molecule has 0 aliphatic heterocycles. The molecule has 3 aromatic rings. The molecule has 148 valence electrons. The summed E-state index contributed by atoms with van der Waals surface area (Å²) in [5.41, 5.74) is 2.37. The Labute approximate surface area is 168 Å². The second-order valence-corrected chi connectivity index (χ2v) is 6.33. The average molecular weight is 391 g/mol. The van der Waals surface area contributed by atoms with Gasteiger partial charge in [-0.1, -0.05) is 48.5 Å². The van der Waals surface area contributed by atoms with Crippen molar-refractivity contribution in [1.82, 2.24) is 0 Å². The van der Waals surface area contributed by atoms with Crippen LogP contribution in [0.3, 0.4) is 0 Å². The highest BCUT2D eigenvalue weighted by atomic mass is 16.5. The first-order chi connectivity index (χ1) is 14.0. The predicted molar refractivity (Wildman–Crippen MR) is 110 cm³/mol. The molecule has 0 radical (unpaired) electrons. The number of phenols is 1. The van der Waals surface area contributed by atoms with Gasteiger partial charge in [-0.2, -0.15) is 0 Å². The minimum absolute atomic E-state index is 0.0462. The van der Waals surface area contributed by atoms with E-state index in [9.17, 15) is 14.7 Å². The van der Waals surface area contributed by atoms with Crippen molar-refractivity contribution in [2.75, 3.05) is 12.4 Å². The molecule has 29 heavy (non-hydrogen) atoms. The smallest absolute Gasteiger partial charge is 0.342 e. The summed E-state index contributed by atoms with van der Waals surface area (Å²) in [5.74, 6) is -1.15. The van der Waals surface area contributed by atoms with Crippen LogP contribution in [0.5, 0.6) is 11.5 Å². The molecule has 0 fully saturated rings. The summed E-state index contributed by atoms with van der Waals surface area (Å²) in [6.07, 6.45) is -1.06. The van der Waals surface area contributed by atoms with Crippen LogP contribution in [0.1, 0.15) is 17.3 Å². The zero-order valence-corrected chi connectivity index (χ0v) is 16.1. The lowest BCUT2D eigenvalue weighted by Gasteiger charge is -2.16. The Morgan fingerprint density at radius 3 is 2.34 bits per heavy atom. The number of carbonyl (C=O) groups is 2. The Morgan fingerprint density at radius 1 is 0.966 bits per heavy atom. The largest absolute Gasteiger partial charge is 0.507 e. The standard InChI is InChI=1S/C23H21NO5/c1-15(29-23(27)19-13-12-17(28-2)14-21(19)25)22(26)24-20-11-7-6-10-18(20)16-8-4-3-5-9-16/h3-15,25H,1-2H3,(H,24,26). The van der Waals surface area contributed by atoms with E-state index in [0.717, 1.165) is 11.1 Å². The minimum Gasteiger partial charge on any atom is -0.507 e. The van der Waals surface area contributed by atoms with E-state index in [1.165, 1.54) is 32.2 Å². The molecule has 3 rings (SSSR count). The summed E-state index contributed by atoms with van der Waals surface area (Å²) in [6, 6.07) is 21.2. The summed E-state index contributed by atoms with van der Waals surface area (Å²) in [5, 5.41) is 12.8. The lowest BCUT2D eigenvalue weighted by molar-refractivity contribution is -0.123. The van der Waals surface area contributed by atoms with Crippen LogP contribution in [0.15, 0.2) is 72.8 Å². The number of hydrogen-bond donors (Lipinski definition) is 2. The van der Waals surface area contributed by atoms with Crippen molar-refractivity contribution in [1.29, 1.82) is 0 Å². The van der Waals surface area contributed by atoms with Gasteiger partial charge in [0.2, 0.25) is 0 Å². The van der Waals surface area contributed by atoms with E-state index in [-0.39, 0.29) is 11.3 Å². The van der Waals surface area contributed by atoms with Crippen molar-refractivity contribution in [3.63, 3.8) is 0 Å². The molecule has 1 unspecified atom stereocenters. The summed E-state index contributed by atoms with van der Waals surface area (Å²) >= 11 is 0. The monoisotopic (exact) mass is 391 g/mol. The zero-order valence-electron chi connectivity index (χ0n) is 16.1. The molecular weight excluding hydrogens is 370 g/mol. The highest BCUT2D eigenvalue weighted by molar-refractivity contribution is 6.00. The van der Waals surface area contributed by atoms with Gasteiger partial charge in [-0.05, 0) is 30.7 Å². The van der Waals surface area contributed by atoms with E-state index in [2.05, 4.69) is 5.32 Å². The SMILES string of the molecule is COc1ccc(C(=O)OC(C)C(=O)Nc2ccccc2-c2ccccc2)c(O)c1. The second kappa shape index (κ2) is 8.93. The number of nitrogens with one attached hydrogen (secondary N) is 1. The number of amides is 1. The minimum atomic E-state index is -1.06. The number of phenolic OH excluding ortho intramolecular Hbond substituents is 1. The van der Waals surface area contributed by atoms with Gasteiger partial charge >= 0.3 is 5.97 Å². The molecule has 0 spiro atoms. The van der Waals surface area contributed by atoms with E-state index < -0.39 is 18.0 Å². The van der Waals surface area contributed by atoms with Crippen molar-refractivity contribution in [3.8, 4) is 22.6 Å².